The van der Waals surface area contributed by atoms with E-state index in [1.54, 1.807) is 0 Å². The molecule has 1 aromatic rings. The average Bonchev–Trinajstić information content (AvgIpc) is 2.38. The molecule has 0 amide bonds. The number of nitrogens with one attached hydrogen (secondary N) is 1. The van der Waals surface area contributed by atoms with Crippen LogP contribution in [0.15, 0.2) is 30.3 Å². The zero-order valence-corrected chi connectivity index (χ0v) is 11.4. The quantitative estimate of drug-likeness (QED) is 0.741. The molecule has 17 heavy (non-hydrogen) atoms. The van der Waals surface area contributed by atoms with Crippen LogP contribution in [-0.2, 0) is 0 Å². The van der Waals surface area contributed by atoms with Gasteiger partial charge in [0.1, 0.15) is 0 Å². The van der Waals surface area contributed by atoms with Crippen molar-refractivity contribution in [2.75, 3.05) is 31.5 Å². The van der Waals surface area contributed by atoms with Crippen molar-refractivity contribution in [3.05, 3.63) is 30.3 Å². The lowest BCUT2D eigenvalue weighted by Gasteiger charge is -2.23. The Bertz CT molecular complexity index is 284. The lowest BCUT2D eigenvalue weighted by atomic mass is 10.1. The number of nitrogens with zero attached hydrogens (tertiary/aromatic N) is 1. The Labute approximate surface area is 106 Å². The van der Waals surface area contributed by atoms with Gasteiger partial charge in [0.05, 0.1) is 0 Å². The summed E-state index contributed by atoms with van der Waals surface area (Å²) in [4.78, 5) is 2.52. The molecule has 0 heterocycles. The Morgan fingerprint density at radius 1 is 1.18 bits per heavy atom. The second-order valence-corrected chi connectivity index (χ2v) is 4.70. The minimum atomic E-state index is 0.798. The van der Waals surface area contributed by atoms with Crippen molar-refractivity contribution in [1.82, 2.24) is 4.90 Å². The SMILES string of the molecule is CCC(C)CN(CC)CCNc1ccccc1. The van der Waals surface area contributed by atoms with Gasteiger partial charge in [-0.15, -0.1) is 0 Å². The first-order valence-corrected chi connectivity index (χ1v) is 6.77. The summed E-state index contributed by atoms with van der Waals surface area (Å²) in [5, 5.41) is 3.46. The standard InChI is InChI=1S/C15H26N2/c1-4-14(3)13-17(5-2)12-11-16-15-9-7-6-8-10-15/h6-10,14,16H,4-5,11-13H2,1-3H3. The van der Waals surface area contributed by atoms with Gasteiger partial charge in [-0.3, -0.25) is 0 Å². The van der Waals surface area contributed by atoms with Crippen LogP contribution in [0.4, 0.5) is 5.69 Å². The summed E-state index contributed by atoms with van der Waals surface area (Å²) >= 11 is 0. The maximum atomic E-state index is 3.46. The summed E-state index contributed by atoms with van der Waals surface area (Å²) in [7, 11) is 0. The fourth-order valence-electron chi connectivity index (χ4n) is 1.86. The first-order valence-electron chi connectivity index (χ1n) is 6.77. The molecule has 0 bridgehead atoms. The molecule has 1 aromatic carbocycles. The van der Waals surface area contributed by atoms with E-state index in [1.165, 1.54) is 18.7 Å². The molecule has 0 aliphatic rings. The molecule has 2 nitrogen and oxygen atoms in total. The van der Waals surface area contributed by atoms with Crippen LogP contribution in [0, 0.1) is 5.92 Å². The number of benzene rings is 1. The zero-order chi connectivity index (χ0) is 12.5. The summed E-state index contributed by atoms with van der Waals surface area (Å²) in [6.45, 7) is 11.3. The van der Waals surface area contributed by atoms with E-state index in [4.69, 9.17) is 0 Å². The van der Waals surface area contributed by atoms with Crippen LogP contribution in [0.1, 0.15) is 27.2 Å². The normalized spacial score (nSPS) is 12.7. The fraction of sp³-hybridized carbons (Fsp3) is 0.600. The van der Waals surface area contributed by atoms with Gasteiger partial charge in [-0.25, -0.2) is 0 Å². The topological polar surface area (TPSA) is 15.3 Å². The van der Waals surface area contributed by atoms with E-state index in [-0.39, 0.29) is 0 Å². The van der Waals surface area contributed by atoms with Gasteiger partial charge in [0.2, 0.25) is 0 Å². The molecule has 0 saturated carbocycles. The van der Waals surface area contributed by atoms with Gasteiger partial charge in [0.15, 0.2) is 0 Å². The van der Waals surface area contributed by atoms with Gasteiger partial charge in [-0.1, -0.05) is 45.4 Å². The Hall–Kier alpha value is -1.02. The van der Waals surface area contributed by atoms with Crippen molar-refractivity contribution in [2.24, 2.45) is 5.92 Å². The van der Waals surface area contributed by atoms with E-state index in [1.807, 2.05) is 6.07 Å². The molecule has 2 heteroatoms. The first-order chi connectivity index (χ1) is 8.26. The molecule has 0 aliphatic heterocycles. The second kappa shape index (κ2) is 8.13. The smallest absolute Gasteiger partial charge is 0.0340 e. The molecule has 0 radical (unpaired) electrons. The highest BCUT2D eigenvalue weighted by atomic mass is 15.1. The lowest BCUT2D eigenvalue weighted by molar-refractivity contribution is 0.254. The van der Waals surface area contributed by atoms with Gasteiger partial charge in [-0.2, -0.15) is 0 Å². The second-order valence-electron chi connectivity index (χ2n) is 4.70. The maximum Gasteiger partial charge on any atom is 0.0340 e. The van der Waals surface area contributed by atoms with Crippen molar-refractivity contribution >= 4 is 5.69 Å². The van der Waals surface area contributed by atoms with E-state index in [2.05, 4.69) is 55.3 Å². The number of para-hydroxylation sites is 1. The van der Waals surface area contributed by atoms with E-state index in [0.717, 1.165) is 25.6 Å². The third kappa shape index (κ3) is 5.73. The minimum absolute atomic E-state index is 0.798. The van der Waals surface area contributed by atoms with Gasteiger partial charge in [0, 0.05) is 25.3 Å². The summed E-state index contributed by atoms with van der Waals surface area (Å²) < 4.78 is 0. The Kier molecular flexibility index (Phi) is 6.71. The van der Waals surface area contributed by atoms with Crippen LogP contribution in [0.2, 0.25) is 0 Å². The monoisotopic (exact) mass is 234 g/mol. The van der Waals surface area contributed by atoms with Crippen LogP contribution in [0.3, 0.4) is 0 Å². The highest BCUT2D eigenvalue weighted by molar-refractivity contribution is 5.42. The highest BCUT2D eigenvalue weighted by Crippen LogP contribution is 2.06. The summed E-state index contributed by atoms with van der Waals surface area (Å²) in [6, 6.07) is 10.4. The van der Waals surface area contributed by atoms with E-state index in [9.17, 15) is 0 Å². The van der Waals surface area contributed by atoms with Crippen molar-refractivity contribution in [2.45, 2.75) is 27.2 Å². The maximum absolute atomic E-state index is 3.46. The van der Waals surface area contributed by atoms with Crippen LogP contribution >= 0.6 is 0 Å². The van der Waals surface area contributed by atoms with Gasteiger partial charge in [-0.05, 0) is 24.6 Å². The molecular formula is C15H26N2. The molecule has 0 aromatic heterocycles. The van der Waals surface area contributed by atoms with Crippen LogP contribution in [0.5, 0.6) is 0 Å². The summed E-state index contributed by atoms with van der Waals surface area (Å²) in [5.74, 6) is 0.798. The van der Waals surface area contributed by atoms with E-state index >= 15 is 0 Å². The molecule has 96 valence electrons. The molecule has 1 rings (SSSR count). The van der Waals surface area contributed by atoms with Crippen molar-refractivity contribution in [3.8, 4) is 0 Å². The molecule has 0 fully saturated rings. The third-order valence-corrected chi connectivity index (χ3v) is 3.24. The van der Waals surface area contributed by atoms with Crippen molar-refractivity contribution in [1.29, 1.82) is 0 Å². The fourth-order valence-corrected chi connectivity index (χ4v) is 1.86. The molecule has 0 aliphatic carbocycles. The lowest BCUT2D eigenvalue weighted by Crippen LogP contribution is -2.32. The van der Waals surface area contributed by atoms with Gasteiger partial charge >= 0.3 is 0 Å². The highest BCUT2D eigenvalue weighted by Gasteiger charge is 2.06. The van der Waals surface area contributed by atoms with E-state index in [0.29, 0.717) is 0 Å². The molecule has 1 unspecified atom stereocenters. The third-order valence-electron chi connectivity index (χ3n) is 3.24. The number of likely N-dealkylation sites (N-methyl/N-ethyl adjacent to an activating group) is 1. The molecule has 1 N–H and O–H groups in total. The van der Waals surface area contributed by atoms with Crippen LogP contribution in [-0.4, -0.2) is 31.1 Å². The largest absolute Gasteiger partial charge is 0.384 e. The number of hydrogen-bond donors (Lipinski definition) is 1. The molecular weight excluding hydrogens is 208 g/mol. The van der Waals surface area contributed by atoms with Crippen LogP contribution in [0.25, 0.3) is 0 Å². The van der Waals surface area contributed by atoms with Crippen molar-refractivity contribution < 1.29 is 0 Å². The van der Waals surface area contributed by atoms with Crippen molar-refractivity contribution in [3.63, 3.8) is 0 Å². The number of hydrogen-bond acceptors (Lipinski definition) is 2. The van der Waals surface area contributed by atoms with Gasteiger partial charge < -0.3 is 10.2 Å². The molecule has 0 saturated heterocycles. The Morgan fingerprint density at radius 3 is 2.47 bits per heavy atom. The summed E-state index contributed by atoms with van der Waals surface area (Å²) in [5.41, 5.74) is 1.21. The zero-order valence-electron chi connectivity index (χ0n) is 11.4. The predicted octanol–water partition coefficient (Wildman–Crippen LogP) is 3.47. The first kappa shape index (κ1) is 14.0. The minimum Gasteiger partial charge on any atom is -0.384 e. The Balaban J connectivity index is 2.24. The van der Waals surface area contributed by atoms with Crippen LogP contribution < -0.4 is 5.32 Å². The van der Waals surface area contributed by atoms with E-state index < -0.39 is 0 Å². The molecule has 0 spiro atoms. The molecule has 1 atom stereocenters. The summed E-state index contributed by atoms with van der Waals surface area (Å²) in [6.07, 6.45) is 1.27. The Morgan fingerprint density at radius 2 is 1.88 bits per heavy atom. The van der Waals surface area contributed by atoms with Gasteiger partial charge in [0.25, 0.3) is 0 Å². The number of anilines is 1. The average molecular weight is 234 g/mol. The number of rotatable bonds is 8. The predicted molar refractivity (Wildman–Crippen MR) is 76.5 cm³/mol.